The van der Waals surface area contributed by atoms with Crippen molar-refractivity contribution < 1.29 is 5.11 Å². The molecule has 0 saturated carbocycles. The van der Waals surface area contributed by atoms with Crippen LogP contribution in [0.15, 0.2) is 42.5 Å². The van der Waals surface area contributed by atoms with Crippen LogP contribution in [0.2, 0.25) is 5.15 Å². The summed E-state index contributed by atoms with van der Waals surface area (Å²) < 4.78 is 0. The Balaban J connectivity index is 2.44. The van der Waals surface area contributed by atoms with Crippen molar-refractivity contribution in [3.05, 3.63) is 47.6 Å². The van der Waals surface area contributed by atoms with E-state index in [9.17, 15) is 0 Å². The minimum atomic E-state index is 0.246. The standard InChI is InChI=1S/C11H8ClNO/c12-11-3-1-2-10(13-11)8-4-6-9(14)7-5-8/h1-7,14H. The molecule has 3 heteroatoms. The van der Waals surface area contributed by atoms with Crippen molar-refractivity contribution in [3.63, 3.8) is 0 Å². The van der Waals surface area contributed by atoms with Crippen LogP contribution in [0.4, 0.5) is 0 Å². The third kappa shape index (κ3) is 1.86. The molecule has 1 aromatic heterocycles. The van der Waals surface area contributed by atoms with Crippen molar-refractivity contribution in [3.8, 4) is 17.0 Å². The van der Waals surface area contributed by atoms with Crippen LogP contribution in [-0.4, -0.2) is 10.1 Å². The minimum absolute atomic E-state index is 0.246. The number of rotatable bonds is 1. The van der Waals surface area contributed by atoms with E-state index in [1.54, 1.807) is 30.3 Å². The first-order chi connectivity index (χ1) is 6.75. The highest BCUT2D eigenvalue weighted by atomic mass is 35.5. The van der Waals surface area contributed by atoms with Gasteiger partial charge in [0.1, 0.15) is 10.9 Å². The van der Waals surface area contributed by atoms with Crippen molar-refractivity contribution in [1.29, 1.82) is 0 Å². The Morgan fingerprint density at radius 2 is 1.71 bits per heavy atom. The molecule has 0 spiro atoms. The van der Waals surface area contributed by atoms with Gasteiger partial charge >= 0.3 is 0 Å². The summed E-state index contributed by atoms with van der Waals surface area (Å²) in [6.45, 7) is 0. The number of aromatic hydroxyl groups is 1. The van der Waals surface area contributed by atoms with Gasteiger partial charge < -0.3 is 5.11 Å². The van der Waals surface area contributed by atoms with Crippen molar-refractivity contribution in [2.45, 2.75) is 0 Å². The quantitative estimate of drug-likeness (QED) is 0.726. The number of halogens is 1. The highest BCUT2D eigenvalue weighted by molar-refractivity contribution is 6.29. The number of hydrogen-bond acceptors (Lipinski definition) is 2. The van der Waals surface area contributed by atoms with E-state index in [0.29, 0.717) is 5.15 Å². The molecule has 0 radical (unpaired) electrons. The predicted molar refractivity (Wildman–Crippen MR) is 56.3 cm³/mol. The second-order valence-electron chi connectivity index (χ2n) is 2.89. The Morgan fingerprint density at radius 3 is 2.36 bits per heavy atom. The lowest BCUT2D eigenvalue weighted by Crippen LogP contribution is -1.82. The molecule has 0 fully saturated rings. The van der Waals surface area contributed by atoms with Gasteiger partial charge in [-0.3, -0.25) is 0 Å². The van der Waals surface area contributed by atoms with E-state index in [2.05, 4.69) is 4.98 Å². The largest absolute Gasteiger partial charge is 0.508 e. The minimum Gasteiger partial charge on any atom is -0.508 e. The second-order valence-corrected chi connectivity index (χ2v) is 3.28. The van der Waals surface area contributed by atoms with Crippen LogP contribution in [0.3, 0.4) is 0 Å². The van der Waals surface area contributed by atoms with Gasteiger partial charge in [0, 0.05) is 5.56 Å². The number of hydrogen-bond donors (Lipinski definition) is 1. The molecule has 70 valence electrons. The molecular formula is C11H8ClNO. The Kier molecular flexibility index (Phi) is 2.37. The van der Waals surface area contributed by atoms with Gasteiger partial charge in [0.15, 0.2) is 0 Å². The maximum absolute atomic E-state index is 9.11. The first-order valence-electron chi connectivity index (χ1n) is 4.18. The van der Waals surface area contributed by atoms with Gasteiger partial charge in [0.25, 0.3) is 0 Å². The fourth-order valence-corrected chi connectivity index (χ4v) is 1.37. The number of phenolic OH excluding ortho intramolecular Hbond substituents is 1. The van der Waals surface area contributed by atoms with E-state index in [0.717, 1.165) is 11.3 Å². The Morgan fingerprint density at radius 1 is 1.00 bits per heavy atom. The molecule has 0 bridgehead atoms. The molecule has 14 heavy (non-hydrogen) atoms. The van der Waals surface area contributed by atoms with Crippen molar-refractivity contribution in [1.82, 2.24) is 4.98 Å². The Hall–Kier alpha value is -1.54. The number of pyridine rings is 1. The highest BCUT2D eigenvalue weighted by Crippen LogP contribution is 2.20. The average Bonchev–Trinajstić information content (AvgIpc) is 2.19. The van der Waals surface area contributed by atoms with Gasteiger partial charge in [0.2, 0.25) is 0 Å². The summed E-state index contributed by atoms with van der Waals surface area (Å²) in [6.07, 6.45) is 0. The number of nitrogens with zero attached hydrogens (tertiary/aromatic N) is 1. The highest BCUT2D eigenvalue weighted by Gasteiger charge is 1.99. The first-order valence-corrected chi connectivity index (χ1v) is 4.55. The summed E-state index contributed by atoms with van der Waals surface area (Å²) in [4.78, 5) is 4.16. The smallest absolute Gasteiger partial charge is 0.129 e. The van der Waals surface area contributed by atoms with Gasteiger partial charge in [-0.2, -0.15) is 0 Å². The van der Waals surface area contributed by atoms with Crippen molar-refractivity contribution in [2.24, 2.45) is 0 Å². The lowest BCUT2D eigenvalue weighted by molar-refractivity contribution is 0.475. The van der Waals surface area contributed by atoms with Crippen LogP contribution in [0.5, 0.6) is 5.75 Å². The molecule has 2 rings (SSSR count). The molecule has 0 aliphatic rings. The zero-order chi connectivity index (χ0) is 9.97. The van der Waals surface area contributed by atoms with Crippen LogP contribution < -0.4 is 0 Å². The lowest BCUT2D eigenvalue weighted by atomic mass is 10.1. The van der Waals surface area contributed by atoms with Gasteiger partial charge in [0.05, 0.1) is 5.69 Å². The SMILES string of the molecule is Oc1ccc(-c2cccc(Cl)n2)cc1. The molecule has 1 N–H and O–H groups in total. The maximum Gasteiger partial charge on any atom is 0.129 e. The molecule has 0 unspecified atom stereocenters. The topological polar surface area (TPSA) is 33.1 Å². The van der Waals surface area contributed by atoms with E-state index < -0.39 is 0 Å². The van der Waals surface area contributed by atoms with Gasteiger partial charge in [-0.05, 0) is 36.4 Å². The summed E-state index contributed by atoms with van der Waals surface area (Å²) in [5.41, 5.74) is 1.74. The summed E-state index contributed by atoms with van der Waals surface area (Å²) in [5.74, 6) is 0.246. The summed E-state index contributed by atoms with van der Waals surface area (Å²) >= 11 is 5.77. The molecule has 2 nitrogen and oxygen atoms in total. The monoisotopic (exact) mass is 205 g/mol. The van der Waals surface area contributed by atoms with Gasteiger partial charge in [-0.15, -0.1) is 0 Å². The zero-order valence-corrected chi connectivity index (χ0v) is 8.07. The average molecular weight is 206 g/mol. The number of phenols is 1. The van der Waals surface area contributed by atoms with Crippen molar-refractivity contribution >= 4 is 11.6 Å². The second kappa shape index (κ2) is 3.68. The van der Waals surface area contributed by atoms with E-state index in [-0.39, 0.29) is 5.75 Å². The molecule has 0 aliphatic heterocycles. The van der Waals surface area contributed by atoms with Crippen LogP contribution in [0.25, 0.3) is 11.3 Å². The third-order valence-corrected chi connectivity index (χ3v) is 2.09. The maximum atomic E-state index is 9.11. The molecule has 0 amide bonds. The van der Waals surface area contributed by atoms with E-state index in [4.69, 9.17) is 16.7 Å². The molecule has 0 aliphatic carbocycles. The summed E-state index contributed by atoms with van der Waals surface area (Å²) in [7, 11) is 0. The summed E-state index contributed by atoms with van der Waals surface area (Å²) in [6, 6.07) is 12.3. The lowest BCUT2D eigenvalue weighted by Gasteiger charge is -2.00. The van der Waals surface area contributed by atoms with E-state index in [1.165, 1.54) is 0 Å². The Labute approximate surface area is 86.8 Å². The molecule has 1 heterocycles. The van der Waals surface area contributed by atoms with Gasteiger partial charge in [-0.1, -0.05) is 17.7 Å². The van der Waals surface area contributed by atoms with Crippen LogP contribution in [0, 0.1) is 0 Å². The molecular weight excluding hydrogens is 198 g/mol. The summed E-state index contributed by atoms with van der Waals surface area (Å²) in [5, 5.41) is 9.58. The first kappa shape index (κ1) is 9.03. The van der Waals surface area contributed by atoms with Gasteiger partial charge in [-0.25, -0.2) is 4.98 Å². The van der Waals surface area contributed by atoms with Crippen molar-refractivity contribution in [2.75, 3.05) is 0 Å². The number of aromatic nitrogens is 1. The molecule has 0 atom stereocenters. The normalized spacial score (nSPS) is 10.1. The van der Waals surface area contributed by atoms with Crippen LogP contribution >= 0.6 is 11.6 Å². The zero-order valence-electron chi connectivity index (χ0n) is 7.31. The fourth-order valence-electron chi connectivity index (χ4n) is 1.20. The van der Waals surface area contributed by atoms with E-state index in [1.807, 2.05) is 12.1 Å². The van der Waals surface area contributed by atoms with E-state index >= 15 is 0 Å². The third-order valence-electron chi connectivity index (χ3n) is 1.88. The predicted octanol–water partition coefficient (Wildman–Crippen LogP) is 3.11. The number of benzene rings is 1. The Bertz CT molecular complexity index is 439. The molecule has 0 saturated heterocycles. The van der Waals surface area contributed by atoms with Crippen LogP contribution in [-0.2, 0) is 0 Å². The molecule has 2 aromatic rings. The fraction of sp³-hybridized carbons (Fsp3) is 0. The molecule has 1 aromatic carbocycles. The van der Waals surface area contributed by atoms with Crippen LogP contribution in [0.1, 0.15) is 0 Å².